The van der Waals surface area contributed by atoms with Crippen molar-refractivity contribution in [2.45, 2.75) is 19.8 Å². The third-order valence-electron chi connectivity index (χ3n) is 1.78. The summed E-state index contributed by atoms with van der Waals surface area (Å²) in [5.41, 5.74) is 0. The van der Waals surface area contributed by atoms with Crippen LogP contribution in [0.2, 0.25) is 0 Å². The molecule has 0 radical (unpaired) electrons. The lowest BCUT2D eigenvalue weighted by atomic mass is 10.1. The van der Waals surface area contributed by atoms with Gasteiger partial charge in [-0.2, -0.15) is 0 Å². The van der Waals surface area contributed by atoms with Crippen molar-refractivity contribution in [2.75, 3.05) is 19.8 Å². The van der Waals surface area contributed by atoms with Crippen LogP contribution in [0.5, 0.6) is 0 Å². The summed E-state index contributed by atoms with van der Waals surface area (Å²) in [6.07, 6.45) is 1.52. The molecule has 1 heterocycles. The van der Waals surface area contributed by atoms with Crippen LogP contribution >= 0.6 is 0 Å². The number of carbonyl (C=O) groups excluding carboxylic acids is 1. The molecular weight excluding hydrogens is 144 g/mol. The van der Waals surface area contributed by atoms with Crippen molar-refractivity contribution in [1.29, 1.82) is 0 Å². The fourth-order valence-corrected chi connectivity index (χ4v) is 1.20. The smallest absolute Gasteiger partial charge is 0.306 e. The van der Waals surface area contributed by atoms with Gasteiger partial charge in [0.15, 0.2) is 0 Å². The molecule has 0 aromatic heterocycles. The van der Waals surface area contributed by atoms with E-state index in [1.807, 2.05) is 6.92 Å². The zero-order chi connectivity index (χ0) is 8.10. The van der Waals surface area contributed by atoms with Crippen LogP contribution in [-0.4, -0.2) is 25.8 Å². The molecular formula is C8H14O3. The summed E-state index contributed by atoms with van der Waals surface area (Å²) in [6, 6.07) is 0. The lowest BCUT2D eigenvalue weighted by Crippen LogP contribution is -2.11. The number of hydrogen-bond acceptors (Lipinski definition) is 3. The van der Waals surface area contributed by atoms with E-state index in [0.29, 0.717) is 18.9 Å². The molecule has 0 aromatic rings. The van der Waals surface area contributed by atoms with Crippen molar-refractivity contribution in [3.05, 3.63) is 0 Å². The molecule has 1 rings (SSSR count). The molecule has 0 aromatic carbocycles. The SMILES string of the molecule is CCOC(=O)C[C@H]1CCOC1. The molecule has 0 amide bonds. The van der Waals surface area contributed by atoms with Crippen molar-refractivity contribution < 1.29 is 14.3 Å². The summed E-state index contributed by atoms with van der Waals surface area (Å²) in [6.45, 7) is 3.82. The maximum atomic E-state index is 10.9. The number of rotatable bonds is 3. The predicted molar refractivity (Wildman–Crippen MR) is 40.2 cm³/mol. The fourth-order valence-electron chi connectivity index (χ4n) is 1.20. The first kappa shape index (κ1) is 8.53. The quantitative estimate of drug-likeness (QED) is 0.574. The van der Waals surface area contributed by atoms with E-state index in [9.17, 15) is 4.79 Å². The van der Waals surface area contributed by atoms with Crippen LogP contribution in [0.3, 0.4) is 0 Å². The Kier molecular flexibility index (Phi) is 3.36. The Hall–Kier alpha value is -0.570. The Morgan fingerprint density at radius 1 is 1.73 bits per heavy atom. The van der Waals surface area contributed by atoms with Gasteiger partial charge in [-0.05, 0) is 19.3 Å². The van der Waals surface area contributed by atoms with Gasteiger partial charge in [-0.3, -0.25) is 4.79 Å². The normalized spacial score (nSPS) is 23.5. The molecule has 3 heteroatoms. The molecule has 3 nitrogen and oxygen atoms in total. The first-order chi connectivity index (χ1) is 5.33. The lowest BCUT2D eigenvalue weighted by molar-refractivity contribution is -0.144. The second-order valence-electron chi connectivity index (χ2n) is 2.74. The van der Waals surface area contributed by atoms with Crippen LogP contribution in [0, 0.1) is 5.92 Å². The summed E-state index contributed by atoms with van der Waals surface area (Å²) in [4.78, 5) is 10.9. The van der Waals surface area contributed by atoms with E-state index in [1.54, 1.807) is 0 Å². The van der Waals surface area contributed by atoms with Gasteiger partial charge in [0.1, 0.15) is 0 Å². The fraction of sp³-hybridized carbons (Fsp3) is 0.875. The molecule has 0 unspecified atom stereocenters. The van der Waals surface area contributed by atoms with Gasteiger partial charge in [0.05, 0.1) is 19.6 Å². The molecule has 64 valence electrons. The highest BCUT2D eigenvalue weighted by Crippen LogP contribution is 2.16. The van der Waals surface area contributed by atoms with Gasteiger partial charge in [0.25, 0.3) is 0 Å². The van der Waals surface area contributed by atoms with Crippen LogP contribution in [0.1, 0.15) is 19.8 Å². The third kappa shape index (κ3) is 2.89. The van der Waals surface area contributed by atoms with E-state index in [2.05, 4.69) is 0 Å². The van der Waals surface area contributed by atoms with Gasteiger partial charge in [0.2, 0.25) is 0 Å². The number of ether oxygens (including phenoxy) is 2. The number of carbonyl (C=O) groups is 1. The largest absolute Gasteiger partial charge is 0.466 e. The van der Waals surface area contributed by atoms with Crippen LogP contribution in [0.25, 0.3) is 0 Å². The van der Waals surface area contributed by atoms with Gasteiger partial charge in [-0.25, -0.2) is 0 Å². The maximum absolute atomic E-state index is 10.9. The van der Waals surface area contributed by atoms with Crippen LogP contribution in [0.15, 0.2) is 0 Å². The van der Waals surface area contributed by atoms with Crippen molar-refractivity contribution >= 4 is 5.97 Å². The summed E-state index contributed by atoms with van der Waals surface area (Å²) >= 11 is 0. The molecule has 0 N–H and O–H groups in total. The minimum Gasteiger partial charge on any atom is -0.466 e. The Bertz CT molecular complexity index is 127. The van der Waals surface area contributed by atoms with Crippen molar-refractivity contribution in [3.63, 3.8) is 0 Å². The van der Waals surface area contributed by atoms with Gasteiger partial charge < -0.3 is 9.47 Å². The highest BCUT2D eigenvalue weighted by molar-refractivity contribution is 5.69. The van der Waals surface area contributed by atoms with Crippen molar-refractivity contribution in [1.82, 2.24) is 0 Å². The second kappa shape index (κ2) is 4.34. The number of esters is 1. The van der Waals surface area contributed by atoms with Gasteiger partial charge in [0, 0.05) is 6.61 Å². The standard InChI is InChI=1S/C8H14O3/c1-2-11-8(9)5-7-3-4-10-6-7/h7H,2-6H2,1H3/t7-/m1/s1. The highest BCUT2D eigenvalue weighted by atomic mass is 16.5. The average Bonchev–Trinajstić information content (AvgIpc) is 2.40. The molecule has 1 atom stereocenters. The molecule has 1 aliphatic rings. The van der Waals surface area contributed by atoms with Crippen molar-refractivity contribution in [2.24, 2.45) is 5.92 Å². The zero-order valence-corrected chi connectivity index (χ0v) is 6.84. The van der Waals surface area contributed by atoms with Gasteiger partial charge in [-0.15, -0.1) is 0 Å². The summed E-state index contributed by atoms with van der Waals surface area (Å²) < 4.78 is 9.94. The first-order valence-electron chi connectivity index (χ1n) is 4.06. The molecule has 0 spiro atoms. The Morgan fingerprint density at radius 3 is 3.09 bits per heavy atom. The molecule has 0 aliphatic carbocycles. The topological polar surface area (TPSA) is 35.5 Å². The highest BCUT2D eigenvalue weighted by Gasteiger charge is 2.19. The molecule has 1 saturated heterocycles. The predicted octanol–water partition coefficient (Wildman–Crippen LogP) is 0.976. The molecule has 1 aliphatic heterocycles. The molecule has 11 heavy (non-hydrogen) atoms. The van der Waals surface area contributed by atoms with E-state index >= 15 is 0 Å². The van der Waals surface area contributed by atoms with E-state index in [-0.39, 0.29) is 5.97 Å². The van der Waals surface area contributed by atoms with E-state index in [1.165, 1.54) is 0 Å². The minimum absolute atomic E-state index is 0.0944. The monoisotopic (exact) mass is 158 g/mol. The third-order valence-corrected chi connectivity index (χ3v) is 1.78. The first-order valence-corrected chi connectivity index (χ1v) is 4.06. The molecule has 0 bridgehead atoms. The summed E-state index contributed by atoms with van der Waals surface area (Å²) in [5.74, 6) is 0.303. The van der Waals surface area contributed by atoms with Crippen LogP contribution in [-0.2, 0) is 14.3 Å². The Balaban J connectivity index is 2.13. The van der Waals surface area contributed by atoms with E-state index in [4.69, 9.17) is 9.47 Å². The lowest BCUT2D eigenvalue weighted by Gasteiger charge is -2.05. The summed E-state index contributed by atoms with van der Waals surface area (Å²) in [5, 5.41) is 0. The van der Waals surface area contributed by atoms with Crippen molar-refractivity contribution in [3.8, 4) is 0 Å². The number of hydrogen-bond donors (Lipinski definition) is 0. The zero-order valence-electron chi connectivity index (χ0n) is 6.84. The molecule has 0 saturated carbocycles. The van der Waals surface area contributed by atoms with E-state index in [0.717, 1.165) is 19.6 Å². The summed E-state index contributed by atoms with van der Waals surface area (Å²) in [7, 11) is 0. The molecule has 1 fully saturated rings. The van der Waals surface area contributed by atoms with E-state index < -0.39 is 0 Å². The Morgan fingerprint density at radius 2 is 2.55 bits per heavy atom. The average molecular weight is 158 g/mol. The van der Waals surface area contributed by atoms with Gasteiger partial charge in [-0.1, -0.05) is 0 Å². The maximum Gasteiger partial charge on any atom is 0.306 e. The minimum atomic E-state index is -0.0944. The van der Waals surface area contributed by atoms with Crippen LogP contribution in [0.4, 0.5) is 0 Å². The van der Waals surface area contributed by atoms with Gasteiger partial charge >= 0.3 is 5.97 Å². The van der Waals surface area contributed by atoms with Crippen LogP contribution < -0.4 is 0 Å². The Labute approximate surface area is 66.7 Å². The second-order valence-corrected chi connectivity index (χ2v) is 2.74.